The number of rotatable bonds is 15. The van der Waals surface area contributed by atoms with Crippen molar-refractivity contribution in [2.45, 2.75) is 64.7 Å². The average molecular weight is 685 g/mol. The maximum absolute atomic E-state index is 13.4. The van der Waals surface area contributed by atoms with E-state index in [1.54, 1.807) is 11.8 Å². The zero-order valence-electron chi connectivity index (χ0n) is 30.2. The van der Waals surface area contributed by atoms with E-state index in [9.17, 15) is 9.59 Å². The van der Waals surface area contributed by atoms with Gasteiger partial charge in [-0.1, -0.05) is 60.7 Å². The number of hydrogen-bond acceptors (Lipinski definition) is 8. The molecule has 1 aliphatic carbocycles. The fourth-order valence-electron chi connectivity index (χ4n) is 6.80. The Labute approximate surface area is 299 Å². The standard InChI is InChI=1S/C41H56N4O3S/c1-5-7-11-32(3)30-44-24-20-42(21-25-44)18-16-37(46)35(6-2)28-40-33(4)48-39-15-14-36(29-41(39)49-40)38(47)17-19-43-22-26-45(27-23-43)31-34-12-9-8-10-13-34/h5,7,9,11-15,28-29H,6,8,10,16-27,30-31H2,1-4H3/b7-5-,32-11+,35-28+. The van der Waals surface area contributed by atoms with E-state index in [0.29, 0.717) is 19.3 Å². The molecular formula is C41H56N4O3S. The second kappa shape index (κ2) is 18.8. The topological polar surface area (TPSA) is 56.3 Å². The van der Waals surface area contributed by atoms with Crippen molar-refractivity contribution in [1.82, 2.24) is 19.6 Å². The van der Waals surface area contributed by atoms with Crippen LogP contribution in [0.25, 0.3) is 0 Å². The second-order valence-electron chi connectivity index (χ2n) is 13.7. The maximum Gasteiger partial charge on any atom is 0.164 e. The summed E-state index contributed by atoms with van der Waals surface area (Å²) in [5.74, 6) is 1.93. The molecule has 0 amide bonds. The van der Waals surface area contributed by atoms with Crippen molar-refractivity contribution >= 4 is 23.3 Å². The summed E-state index contributed by atoms with van der Waals surface area (Å²) in [6.45, 7) is 20.0. The smallest absolute Gasteiger partial charge is 0.164 e. The molecule has 7 nitrogen and oxygen atoms in total. The highest BCUT2D eigenvalue weighted by Crippen LogP contribution is 2.43. The van der Waals surface area contributed by atoms with Gasteiger partial charge in [0.25, 0.3) is 0 Å². The number of allylic oxidation sites excluding steroid dienone is 8. The Kier molecular flexibility index (Phi) is 14.3. The number of hydrogen-bond donors (Lipinski definition) is 0. The van der Waals surface area contributed by atoms with E-state index >= 15 is 0 Å². The van der Waals surface area contributed by atoms with E-state index in [0.717, 1.165) is 124 Å². The number of fused-ring (bicyclic) bond motifs is 1. The van der Waals surface area contributed by atoms with Gasteiger partial charge in [0.2, 0.25) is 0 Å². The maximum atomic E-state index is 13.4. The van der Waals surface area contributed by atoms with Gasteiger partial charge in [0, 0.05) is 96.9 Å². The summed E-state index contributed by atoms with van der Waals surface area (Å²) in [7, 11) is 0. The summed E-state index contributed by atoms with van der Waals surface area (Å²) >= 11 is 1.60. The number of Topliss-reactive ketones (excluding diaryl/α,β-unsaturated/α-hetero) is 2. The van der Waals surface area contributed by atoms with Crippen molar-refractivity contribution in [1.29, 1.82) is 0 Å². The lowest BCUT2D eigenvalue weighted by molar-refractivity contribution is -0.116. The molecule has 0 spiro atoms. The molecule has 2 saturated heterocycles. The first-order chi connectivity index (χ1) is 23.8. The quantitative estimate of drug-likeness (QED) is 0.108. The zero-order chi connectivity index (χ0) is 34.6. The average Bonchev–Trinajstić information content (AvgIpc) is 3.12. The van der Waals surface area contributed by atoms with E-state index in [2.05, 4.69) is 63.0 Å². The first-order valence-corrected chi connectivity index (χ1v) is 19.1. The number of carbonyl (C=O) groups excluding carboxylic acids is 2. The molecule has 2 fully saturated rings. The lowest BCUT2D eigenvalue weighted by atomic mass is 10.0. The number of carbonyl (C=O) groups is 2. The molecule has 264 valence electrons. The highest BCUT2D eigenvalue weighted by atomic mass is 32.2. The van der Waals surface area contributed by atoms with Crippen LogP contribution in [-0.2, 0) is 4.79 Å². The first-order valence-electron chi connectivity index (χ1n) is 18.3. The summed E-state index contributed by atoms with van der Waals surface area (Å²) in [5, 5.41) is 0. The largest absolute Gasteiger partial charge is 0.460 e. The first kappa shape index (κ1) is 37.3. The molecule has 0 aromatic heterocycles. The molecule has 49 heavy (non-hydrogen) atoms. The van der Waals surface area contributed by atoms with Gasteiger partial charge in [0.05, 0.1) is 9.80 Å². The van der Waals surface area contributed by atoms with Crippen LogP contribution in [-0.4, -0.2) is 110 Å². The third-order valence-corrected chi connectivity index (χ3v) is 11.1. The van der Waals surface area contributed by atoms with Crippen LogP contribution in [0.5, 0.6) is 5.75 Å². The van der Waals surface area contributed by atoms with Gasteiger partial charge in [0.1, 0.15) is 11.5 Å². The number of benzene rings is 1. The molecule has 3 aliphatic heterocycles. The van der Waals surface area contributed by atoms with E-state index < -0.39 is 0 Å². The van der Waals surface area contributed by atoms with Gasteiger partial charge in [-0.3, -0.25) is 19.4 Å². The Morgan fingerprint density at radius 2 is 1.61 bits per heavy atom. The van der Waals surface area contributed by atoms with Gasteiger partial charge >= 0.3 is 0 Å². The number of thioether (sulfide) groups is 1. The molecule has 1 aromatic rings. The van der Waals surface area contributed by atoms with Gasteiger partial charge in [0.15, 0.2) is 11.6 Å². The van der Waals surface area contributed by atoms with E-state index in [-0.39, 0.29) is 11.6 Å². The van der Waals surface area contributed by atoms with E-state index in [1.165, 1.54) is 11.1 Å². The fourth-order valence-corrected chi connectivity index (χ4v) is 7.82. The summed E-state index contributed by atoms with van der Waals surface area (Å²) in [6, 6.07) is 5.77. The molecule has 8 heteroatoms. The summed E-state index contributed by atoms with van der Waals surface area (Å²) in [5.41, 5.74) is 4.37. The number of ketones is 2. The molecule has 1 aromatic carbocycles. The monoisotopic (exact) mass is 684 g/mol. The molecule has 0 N–H and O–H groups in total. The minimum atomic E-state index is 0.164. The lowest BCUT2D eigenvalue weighted by Gasteiger charge is -2.35. The van der Waals surface area contributed by atoms with Crippen LogP contribution in [0.2, 0.25) is 0 Å². The van der Waals surface area contributed by atoms with Crippen LogP contribution in [0.4, 0.5) is 0 Å². The van der Waals surface area contributed by atoms with Crippen LogP contribution in [0.15, 0.2) is 93.0 Å². The SMILES string of the molecule is C/C=C\C=C(/C)CN1CCN(CCC(=O)/C(=C/C2=C(C)Oc3ccc(C(=O)CCN4CCN(CC5=CCCC=C5)CC4)cc3S2)CC)CC1. The Hall–Kier alpha value is -3.01. The summed E-state index contributed by atoms with van der Waals surface area (Å²) < 4.78 is 6.19. The Balaban J connectivity index is 1.08. The zero-order valence-corrected chi connectivity index (χ0v) is 31.0. The summed E-state index contributed by atoms with van der Waals surface area (Å²) in [6.07, 6.45) is 19.3. The van der Waals surface area contributed by atoms with Gasteiger partial charge in [-0.05, 0) is 75.5 Å². The van der Waals surface area contributed by atoms with Gasteiger partial charge < -0.3 is 14.5 Å². The van der Waals surface area contributed by atoms with Crippen LogP contribution < -0.4 is 4.74 Å². The van der Waals surface area contributed by atoms with Crippen LogP contribution in [0.3, 0.4) is 0 Å². The van der Waals surface area contributed by atoms with E-state index in [4.69, 9.17) is 4.74 Å². The normalized spacial score (nSPS) is 20.4. The molecule has 0 atom stereocenters. The third kappa shape index (κ3) is 11.2. The van der Waals surface area contributed by atoms with Crippen molar-refractivity contribution in [2.24, 2.45) is 0 Å². The highest BCUT2D eigenvalue weighted by Gasteiger charge is 2.23. The van der Waals surface area contributed by atoms with Crippen LogP contribution >= 0.6 is 11.8 Å². The minimum absolute atomic E-state index is 0.164. The number of piperazine rings is 2. The Morgan fingerprint density at radius 1 is 0.918 bits per heavy atom. The van der Waals surface area contributed by atoms with Crippen molar-refractivity contribution in [3.05, 3.63) is 93.7 Å². The molecule has 0 saturated carbocycles. The minimum Gasteiger partial charge on any atom is -0.460 e. The second-order valence-corrected chi connectivity index (χ2v) is 14.8. The molecule has 0 bridgehead atoms. The fraction of sp³-hybridized carbons (Fsp3) is 0.512. The molecule has 5 rings (SSSR count). The molecule has 0 radical (unpaired) electrons. The van der Waals surface area contributed by atoms with Crippen molar-refractivity contribution in [2.75, 3.05) is 78.5 Å². The highest BCUT2D eigenvalue weighted by molar-refractivity contribution is 8.03. The molecular weight excluding hydrogens is 629 g/mol. The Bertz CT molecular complexity index is 1500. The molecule has 3 heterocycles. The van der Waals surface area contributed by atoms with Crippen molar-refractivity contribution in [3.63, 3.8) is 0 Å². The van der Waals surface area contributed by atoms with Crippen molar-refractivity contribution < 1.29 is 14.3 Å². The number of ether oxygens (including phenoxy) is 1. The Morgan fingerprint density at radius 3 is 2.29 bits per heavy atom. The van der Waals surface area contributed by atoms with Crippen molar-refractivity contribution in [3.8, 4) is 5.75 Å². The molecule has 0 unspecified atom stereocenters. The summed E-state index contributed by atoms with van der Waals surface area (Å²) in [4.78, 5) is 38.4. The van der Waals surface area contributed by atoms with Crippen LogP contribution in [0.1, 0.15) is 70.2 Å². The lowest BCUT2D eigenvalue weighted by Crippen LogP contribution is -2.47. The third-order valence-electron chi connectivity index (χ3n) is 9.90. The van der Waals surface area contributed by atoms with Gasteiger partial charge in [-0.25, -0.2) is 0 Å². The molecule has 4 aliphatic rings. The van der Waals surface area contributed by atoms with Crippen LogP contribution in [0, 0.1) is 0 Å². The van der Waals surface area contributed by atoms with Gasteiger partial charge in [-0.2, -0.15) is 0 Å². The van der Waals surface area contributed by atoms with E-state index in [1.807, 2.05) is 45.0 Å². The predicted octanol–water partition coefficient (Wildman–Crippen LogP) is 7.31. The van der Waals surface area contributed by atoms with Gasteiger partial charge in [-0.15, -0.1) is 0 Å². The predicted molar refractivity (Wildman–Crippen MR) is 203 cm³/mol. The number of nitrogens with zero attached hydrogens (tertiary/aromatic N) is 4.